The minimum atomic E-state index is -0.467. The number of benzene rings is 2. The van der Waals surface area contributed by atoms with E-state index in [2.05, 4.69) is 10.3 Å². The number of aryl methyl sites for hydroxylation is 2. The maximum Gasteiger partial charge on any atom is 0.276 e. The molecule has 198 valence electrons. The highest BCUT2D eigenvalue weighted by molar-refractivity contribution is 5.97. The number of hydrogen-bond donors (Lipinski definition) is 1. The summed E-state index contributed by atoms with van der Waals surface area (Å²) in [6.07, 6.45) is 1.34. The number of nitrogens with one attached hydrogen (secondary N) is 1. The fourth-order valence-corrected chi connectivity index (χ4v) is 4.72. The average Bonchev–Trinajstić information content (AvgIpc) is 3.54. The zero-order valence-electron chi connectivity index (χ0n) is 21.6. The molecule has 2 atom stereocenters. The summed E-state index contributed by atoms with van der Waals surface area (Å²) in [5.41, 5.74) is 2.44. The molecule has 1 saturated heterocycles. The van der Waals surface area contributed by atoms with Gasteiger partial charge in [0.2, 0.25) is 5.91 Å². The molecule has 5 rings (SSSR count). The Balaban J connectivity index is 1.43. The summed E-state index contributed by atoms with van der Waals surface area (Å²) < 4.78 is 17.7. The summed E-state index contributed by atoms with van der Waals surface area (Å²) in [5.74, 6) is 0.765. The Bertz CT molecular complexity index is 1370. The van der Waals surface area contributed by atoms with Crippen molar-refractivity contribution in [2.45, 2.75) is 39.0 Å². The summed E-state index contributed by atoms with van der Waals surface area (Å²) in [7, 11) is 1.57. The van der Waals surface area contributed by atoms with Gasteiger partial charge in [-0.1, -0.05) is 25.1 Å². The number of ether oxygens (including phenoxy) is 2. The van der Waals surface area contributed by atoms with Crippen LogP contribution in [0.25, 0.3) is 0 Å². The van der Waals surface area contributed by atoms with Crippen molar-refractivity contribution in [3.05, 3.63) is 77.0 Å². The van der Waals surface area contributed by atoms with Gasteiger partial charge in [-0.3, -0.25) is 14.4 Å². The van der Waals surface area contributed by atoms with Gasteiger partial charge in [0, 0.05) is 32.1 Å². The van der Waals surface area contributed by atoms with Gasteiger partial charge in [0.25, 0.3) is 11.8 Å². The van der Waals surface area contributed by atoms with Crippen LogP contribution in [-0.4, -0.2) is 71.3 Å². The van der Waals surface area contributed by atoms with Crippen molar-refractivity contribution in [1.82, 2.24) is 20.1 Å². The predicted molar refractivity (Wildman–Crippen MR) is 137 cm³/mol. The normalized spacial score (nSPS) is 20.1. The third kappa shape index (κ3) is 5.26. The second-order valence-electron chi connectivity index (χ2n) is 9.60. The Morgan fingerprint density at radius 3 is 2.82 bits per heavy atom. The largest absolute Gasteiger partial charge is 0.457 e. The van der Waals surface area contributed by atoms with E-state index < -0.39 is 12.1 Å². The van der Waals surface area contributed by atoms with Gasteiger partial charge in [0.05, 0.1) is 25.3 Å². The molecule has 2 aliphatic rings. The highest BCUT2D eigenvalue weighted by Gasteiger charge is 2.39. The van der Waals surface area contributed by atoms with Crippen LogP contribution in [0.15, 0.2) is 53.3 Å². The molecule has 0 unspecified atom stereocenters. The molecule has 3 aromatic rings. The summed E-state index contributed by atoms with van der Waals surface area (Å²) >= 11 is 0. The van der Waals surface area contributed by atoms with E-state index in [1.54, 1.807) is 24.1 Å². The number of likely N-dealkylation sites (N-methyl/N-ethyl adjacent to an activating group) is 1. The molecule has 1 fully saturated rings. The van der Waals surface area contributed by atoms with Crippen LogP contribution in [0.1, 0.15) is 44.7 Å². The van der Waals surface area contributed by atoms with E-state index >= 15 is 0 Å². The molecule has 1 aromatic heterocycles. The highest BCUT2D eigenvalue weighted by atomic mass is 16.5. The van der Waals surface area contributed by atoms with Crippen molar-refractivity contribution < 1.29 is 28.3 Å². The Labute approximate surface area is 220 Å². The Morgan fingerprint density at radius 1 is 1.16 bits per heavy atom. The van der Waals surface area contributed by atoms with E-state index in [0.29, 0.717) is 29.2 Å². The zero-order chi connectivity index (χ0) is 26.8. The molecule has 1 N–H and O–H groups in total. The first kappa shape index (κ1) is 25.5. The number of hydrogen-bond acceptors (Lipinski definition) is 7. The Kier molecular flexibility index (Phi) is 7.15. The number of oxazole rings is 1. The monoisotopic (exact) mass is 518 g/mol. The van der Waals surface area contributed by atoms with E-state index in [1.165, 1.54) is 11.3 Å². The highest BCUT2D eigenvalue weighted by Crippen LogP contribution is 2.28. The smallest absolute Gasteiger partial charge is 0.276 e. The lowest BCUT2D eigenvalue weighted by Crippen LogP contribution is -2.48. The van der Waals surface area contributed by atoms with Gasteiger partial charge in [-0.25, -0.2) is 4.98 Å². The van der Waals surface area contributed by atoms with E-state index in [4.69, 9.17) is 13.9 Å². The van der Waals surface area contributed by atoms with Gasteiger partial charge < -0.3 is 29.0 Å². The molecule has 0 radical (unpaired) electrons. The first-order chi connectivity index (χ1) is 18.3. The first-order valence-electron chi connectivity index (χ1n) is 12.6. The van der Waals surface area contributed by atoms with Crippen molar-refractivity contribution >= 4 is 17.7 Å². The van der Waals surface area contributed by atoms with Crippen LogP contribution in [0, 0.1) is 6.92 Å². The quantitative estimate of drug-likeness (QED) is 0.555. The van der Waals surface area contributed by atoms with E-state index in [0.717, 1.165) is 11.1 Å². The summed E-state index contributed by atoms with van der Waals surface area (Å²) in [6.45, 7) is 4.42. The van der Waals surface area contributed by atoms with E-state index in [-0.39, 0.29) is 49.7 Å². The molecule has 3 heterocycles. The molecule has 38 heavy (non-hydrogen) atoms. The molecule has 0 saturated carbocycles. The third-order valence-corrected chi connectivity index (χ3v) is 6.82. The lowest BCUT2D eigenvalue weighted by molar-refractivity contribution is -0.123. The summed E-state index contributed by atoms with van der Waals surface area (Å²) in [4.78, 5) is 46.4. The molecule has 2 aromatic carbocycles. The van der Waals surface area contributed by atoms with Crippen LogP contribution in [0.4, 0.5) is 0 Å². The Morgan fingerprint density at radius 2 is 2.00 bits per heavy atom. The zero-order valence-corrected chi connectivity index (χ0v) is 21.6. The molecule has 0 aliphatic carbocycles. The fourth-order valence-electron chi connectivity index (χ4n) is 4.72. The number of aromatic nitrogens is 1. The minimum absolute atomic E-state index is 0.150. The average molecular weight is 519 g/mol. The van der Waals surface area contributed by atoms with Gasteiger partial charge in [0.1, 0.15) is 17.3 Å². The summed E-state index contributed by atoms with van der Waals surface area (Å²) in [5, 5.41) is 2.97. The molecule has 2 aliphatic heterocycles. The predicted octanol–water partition coefficient (Wildman–Crippen LogP) is 2.95. The molecule has 10 heteroatoms. The molecule has 3 amide bonds. The van der Waals surface area contributed by atoms with Crippen molar-refractivity contribution in [3.8, 4) is 11.5 Å². The van der Waals surface area contributed by atoms with Crippen molar-refractivity contribution in [1.29, 1.82) is 0 Å². The number of rotatable bonds is 2. The number of fused-ring (bicyclic) bond motifs is 5. The number of carbonyl (C=O) groups excluding carboxylic acids is 3. The molecule has 10 nitrogen and oxygen atoms in total. The van der Waals surface area contributed by atoms with Gasteiger partial charge in [-0.2, -0.15) is 0 Å². The maximum absolute atomic E-state index is 13.2. The number of amides is 3. The van der Waals surface area contributed by atoms with Crippen LogP contribution in [0.3, 0.4) is 0 Å². The van der Waals surface area contributed by atoms with Gasteiger partial charge in [-0.15, -0.1) is 0 Å². The maximum atomic E-state index is 13.2. The lowest BCUT2D eigenvalue weighted by atomic mass is 10.1. The van der Waals surface area contributed by atoms with E-state index in [9.17, 15) is 14.4 Å². The van der Waals surface area contributed by atoms with Gasteiger partial charge in [-0.05, 0) is 42.3 Å². The van der Waals surface area contributed by atoms with Crippen LogP contribution >= 0.6 is 0 Å². The Hall–Kier alpha value is -4.18. The van der Waals surface area contributed by atoms with Gasteiger partial charge in [0.15, 0.2) is 12.1 Å². The van der Waals surface area contributed by atoms with Crippen LogP contribution in [0.5, 0.6) is 11.5 Å². The second kappa shape index (κ2) is 10.7. The molecular formula is C28H30N4O6. The second-order valence-corrected chi connectivity index (χ2v) is 9.60. The first-order valence-corrected chi connectivity index (χ1v) is 12.6. The van der Waals surface area contributed by atoms with Crippen molar-refractivity contribution in [2.24, 2.45) is 0 Å². The minimum Gasteiger partial charge on any atom is -0.457 e. The van der Waals surface area contributed by atoms with Crippen LogP contribution in [-0.2, 0) is 22.6 Å². The van der Waals surface area contributed by atoms with Crippen LogP contribution in [0.2, 0.25) is 0 Å². The fraction of sp³-hybridized carbons (Fsp3) is 0.357. The molecule has 0 spiro atoms. The topological polar surface area (TPSA) is 114 Å². The van der Waals surface area contributed by atoms with Crippen molar-refractivity contribution in [3.63, 3.8) is 0 Å². The molecule has 4 bridgehead atoms. The number of carbonyl (C=O) groups is 3. The summed E-state index contributed by atoms with van der Waals surface area (Å²) in [6, 6.07) is 12.3. The van der Waals surface area contributed by atoms with E-state index in [1.807, 2.05) is 44.2 Å². The molecular weight excluding hydrogens is 488 g/mol. The lowest BCUT2D eigenvalue weighted by Gasteiger charge is -2.23. The number of nitrogens with zero attached hydrogens (tertiary/aromatic N) is 3. The van der Waals surface area contributed by atoms with Crippen molar-refractivity contribution in [2.75, 3.05) is 26.7 Å². The van der Waals surface area contributed by atoms with Crippen LogP contribution < -0.4 is 10.1 Å². The SMILES string of the molecule is CCc1ocnc1C(=O)N1C[C@@H]2NC(=O)CN(C)C(=O)c3ccc(C)c(c3)Oc3cccc(c3)CO[C@H]2C1. The third-order valence-electron chi connectivity index (χ3n) is 6.82. The number of likely N-dealkylation sites (tertiary alicyclic amines) is 1. The van der Waals surface area contributed by atoms with Gasteiger partial charge >= 0.3 is 0 Å². The standard InChI is InChI=1S/C28H30N4O6/c1-4-22-26(29-16-37-22)28(35)32-12-21-24(13-32)36-15-18-6-5-7-20(10-18)38-23-11-19(9-8-17(23)2)27(34)31(3)14-25(33)30-21/h5-11,16,21,24H,4,12-15H2,1-3H3,(H,30,33)/t21-,24-/m0/s1.